The van der Waals surface area contributed by atoms with Crippen molar-refractivity contribution in [3.05, 3.63) is 59.7 Å². The van der Waals surface area contributed by atoms with Crippen molar-refractivity contribution in [1.82, 2.24) is 5.32 Å². The number of carbonyl (C=O) groups excluding carboxylic acids is 1. The fourth-order valence-corrected chi connectivity index (χ4v) is 3.58. The Hall–Kier alpha value is -2.54. The second-order valence-corrected chi connectivity index (χ2v) is 10.9. The Labute approximate surface area is 186 Å². The Morgan fingerprint density at radius 2 is 1.61 bits per heavy atom. The summed E-state index contributed by atoms with van der Waals surface area (Å²) in [6.07, 6.45) is 1.01. The monoisotopic (exact) mass is 446 g/mol. The first-order chi connectivity index (χ1) is 14.3. The standard InChI is InChI=1S/C24H34N2O4S/c1-8-22(30-21-15-13-20(14-16-21)26(6)31(7,28)29)23(27)25-17(2)18-9-11-19(12-10-18)24(3,4)5/h9-17,22H,8H2,1-7H3,(H,25,27). The van der Waals surface area contributed by atoms with E-state index in [0.29, 0.717) is 17.9 Å². The smallest absolute Gasteiger partial charge is 0.261 e. The van der Waals surface area contributed by atoms with Crippen LogP contribution >= 0.6 is 0 Å². The Morgan fingerprint density at radius 3 is 2.06 bits per heavy atom. The van der Waals surface area contributed by atoms with Crippen LogP contribution in [0.1, 0.15) is 58.2 Å². The molecule has 31 heavy (non-hydrogen) atoms. The molecule has 2 atom stereocenters. The van der Waals surface area contributed by atoms with Crippen molar-refractivity contribution in [3.8, 4) is 5.75 Å². The SMILES string of the molecule is CCC(Oc1ccc(N(C)S(C)(=O)=O)cc1)C(=O)NC(C)c1ccc(C(C)(C)C)cc1. The maximum atomic E-state index is 12.8. The van der Waals surface area contributed by atoms with E-state index in [1.54, 1.807) is 24.3 Å². The molecule has 0 aliphatic carbocycles. The van der Waals surface area contributed by atoms with Crippen molar-refractivity contribution in [2.24, 2.45) is 0 Å². The Kier molecular flexibility index (Phi) is 7.76. The molecule has 7 heteroatoms. The summed E-state index contributed by atoms with van der Waals surface area (Å²) in [6.45, 7) is 10.3. The van der Waals surface area contributed by atoms with Gasteiger partial charge in [0.25, 0.3) is 5.91 Å². The molecular weight excluding hydrogens is 412 g/mol. The summed E-state index contributed by atoms with van der Waals surface area (Å²) in [4.78, 5) is 12.8. The van der Waals surface area contributed by atoms with E-state index in [-0.39, 0.29) is 17.4 Å². The highest BCUT2D eigenvalue weighted by atomic mass is 32.2. The molecular formula is C24H34N2O4S. The summed E-state index contributed by atoms with van der Waals surface area (Å²) in [5.41, 5.74) is 2.89. The lowest BCUT2D eigenvalue weighted by atomic mass is 9.86. The van der Waals surface area contributed by atoms with Gasteiger partial charge < -0.3 is 10.1 Å². The number of rotatable bonds is 8. The van der Waals surface area contributed by atoms with Gasteiger partial charge in [-0.25, -0.2) is 8.42 Å². The minimum absolute atomic E-state index is 0.0812. The van der Waals surface area contributed by atoms with Gasteiger partial charge in [0.15, 0.2) is 6.10 Å². The fraction of sp³-hybridized carbons (Fsp3) is 0.458. The van der Waals surface area contributed by atoms with Crippen LogP contribution in [0, 0.1) is 0 Å². The second kappa shape index (κ2) is 9.73. The number of anilines is 1. The summed E-state index contributed by atoms with van der Waals surface area (Å²) in [5.74, 6) is 0.321. The number of carbonyl (C=O) groups is 1. The molecule has 0 bridgehead atoms. The van der Waals surface area contributed by atoms with E-state index in [1.165, 1.54) is 16.9 Å². The normalized spacial score (nSPS) is 13.9. The zero-order valence-electron chi connectivity index (χ0n) is 19.5. The summed E-state index contributed by atoms with van der Waals surface area (Å²) in [6, 6.07) is 14.8. The highest BCUT2D eigenvalue weighted by Gasteiger charge is 2.22. The molecule has 2 aromatic carbocycles. The molecule has 1 amide bonds. The Bertz CT molecular complexity index is 978. The third-order valence-corrected chi connectivity index (χ3v) is 6.48. The molecule has 0 heterocycles. The van der Waals surface area contributed by atoms with Crippen molar-refractivity contribution < 1.29 is 17.9 Å². The highest BCUT2D eigenvalue weighted by Crippen LogP contribution is 2.25. The van der Waals surface area contributed by atoms with E-state index in [4.69, 9.17) is 4.74 Å². The van der Waals surface area contributed by atoms with Gasteiger partial charge in [-0.2, -0.15) is 0 Å². The summed E-state index contributed by atoms with van der Waals surface area (Å²) < 4.78 is 30.4. The third-order valence-electron chi connectivity index (χ3n) is 5.27. The molecule has 0 aliphatic heterocycles. The first kappa shape index (κ1) is 24.7. The van der Waals surface area contributed by atoms with Gasteiger partial charge >= 0.3 is 0 Å². The van der Waals surface area contributed by atoms with E-state index in [1.807, 2.05) is 26.0 Å². The molecule has 6 nitrogen and oxygen atoms in total. The molecule has 2 aromatic rings. The average molecular weight is 447 g/mol. The van der Waals surface area contributed by atoms with Gasteiger partial charge in [0, 0.05) is 7.05 Å². The average Bonchev–Trinajstić information content (AvgIpc) is 2.70. The van der Waals surface area contributed by atoms with Crippen LogP contribution in [-0.4, -0.2) is 33.7 Å². The lowest BCUT2D eigenvalue weighted by Crippen LogP contribution is -2.39. The zero-order chi connectivity index (χ0) is 23.4. The number of sulfonamides is 1. The largest absolute Gasteiger partial charge is 0.481 e. The first-order valence-electron chi connectivity index (χ1n) is 10.4. The minimum Gasteiger partial charge on any atom is -0.481 e. The van der Waals surface area contributed by atoms with Gasteiger partial charge in [0.2, 0.25) is 10.0 Å². The molecule has 170 valence electrons. The third kappa shape index (κ3) is 6.72. The first-order valence-corrected chi connectivity index (χ1v) is 12.3. The van der Waals surface area contributed by atoms with E-state index in [9.17, 15) is 13.2 Å². The Morgan fingerprint density at radius 1 is 1.06 bits per heavy atom. The molecule has 0 saturated heterocycles. The number of ether oxygens (including phenoxy) is 1. The summed E-state index contributed by atoms with van der Waals surface area (Å²) in [5, 5.41) is 3.02. The van der Waals surface area contributed by atoms with Crippen molar-refractivity contribution >= 4 is 21.6 Å². The second-order valence-electron chi connectivity index (χ2n) is 8.84. The maximum absolute atomic E-state index is 12.8. The van der Waals surface area contributed by atoms with Crippen LogP contribution in [0.3, 0.4) is 0 Å². The molecule has 0 aromatic heterocycles. The quantitative estimate of drug-likeness (QED) is 0.651. The molecule has 0 radical (unpaired) electrons. The van der Waals surface area contributed by atoms with E-state index in [0.717, 1.165) is 11.8 Å². The van der Waals surface area contributed by atoms with E-state index < -0.39 is 16.1 Å². The number of nitrogens with one attached hydrogen (secondary N) is 1. The van der Waals surface area contributed by atoms with Gasteiger partial charge in [0.05, 0.1) is 18.0 Å². The van der Waals surface area contributed by atoms with Gasteiger partial charge in [-0.1, -0.05) is 52.0 Å². The molecule has 1 N–H and O–H groups in total. The number of hydrogen-bond acceptors (Lipinski definition) is 4. The molecule has 0 fully saturated rings. The molecule has 0 aliphatic rings. The van der Waals surface area contributed by atoms with Crippen molar-refractivity contribution in [3.63, 3.8) is 0 Å². The number of amides is 1. The number of nitrogens with zero attached hydrogens (tertiary/aromatic N) is 1. The van der Waals surface area contributed by atoms with E-state index >= 15 is 0 Å². The predicted octanol–water partition coefficient (Wildman–Crippen LogP) is 4.41. The molecule has 2 unspecified atom stereocenters. The van der Waals surface area contributed by atoms with Gasteiger partial charge in [-0.15, -0.1) is 0 Å². The number of benzene rings is 2. The minimum atomic E-state index is -3.33. The van der Waals surface area contributed by atoms with Gasteiger partial charge in [-0.05, 0) is 54.2 Å². The van der Waals surface area contributed by atoms with Gasteiger partial charge in [-0.3, -0.25) is 9.10 Å². The lowest BCUT2D eigenvalue weighted by molar-refractivity contribution is -0.128. The topological polar surface area (TPSA) is 75.7 Å². The molecule has 0 saturated carbocycles. The van der Waals surface area contributed by atoms with Crippen molar-refractivity contribution in [2.45, 2.75) is 58.6 Å². The van der Waals surface area contributed by atoms with Crippen molar-refractivity contribution in [2.75, 3.05) is 17.6 Å². The molecule has 0 spiro atoms. The van der Waals surface area contributed by atoms with Crippen LogP contribution < -0.4 is 14.4 Å². The fourth-order valence-electron chi connectivity index (χ4n) is 3.07. The van der Waals surface area contributed by atoms with Crippen LogP contribution in [0.4, 0.5) is 5.69 Å². The zero-order valence-corrected chi connectivity index (χ0v) is 20.3. The van der Waals surface area contributed by atoms with Gasteiger partial charge in [0.1, 0.15) is 5.75 Å². The highest BCUT2D eigenvalue weighted by molar-refractivity contribution is 7.92. The van der Waals surface area contributed by atoms with Crippen molar-refractivity contribution in [1.29, 1.82) is 0 Å². The van der Waals surface area contributed by atoms with Crippen LogP contribution in [0.2, 0.25) is 0 Å². The van der Waals surface area contributed by atoms with Crippen LogP contribution in [0.15, 0.2) is 48.5 Å². The Balaban J connectivity index is 2.03. The summed E-state index contributed by atoms with van der Waals surface area (Å²) in [7, 11) is -1.84. The van der Waals surface area contributed by atoms with Crippen LogP contribution in [0.25, 0.3) is 0 Å². The molecule has 2 rings (SSSR count). The van der Waals surface area contributed by atoms with Crippen LogP contribution in [0.5, 0.6) is 5.75 Å². The summed E-state index contributed by atoms with van der Waals surface area (Å²) >= 11 is 0. The van der Waals surface area contributed by atoms with E-state index in [2.05, 4.69) is 38.2 Å². The predicted molar refractivity (Wildman–Crippen MR) is 126 cm³/mol. The van der Waals surface area contributed by atoms with Crippen LogP contribution in [-0.2, 0) is 20.2 Å². The number of hydrogen-bond donors (Lipinski definition) is 1. The maximum Gasteiger partial charge on any atom is 0.261 e. The lowest BCUT2D eigenvalue weighted by Gasteiger charge is -2.23.